The van der Waals surface area contributed by atoms with Gasteiger partial charge in [-0.2, -0.15) is 0 Å². The average molecular weight is 273 g/mol. The highest BCUT2D eigenvalue weighted by atomic mass is 35.5. The smallest absolute Gasteiger partial charge is 0.111 e. The van der Waals surface area contributed by atoms with Gasteiger partial charge in [0.05, 0.1) is 17.1 Å². The third kappa shape index (κ3) is 2.57. The zero-order valence-corrected chi connectivity index (χ0v) is 11.1. The molecule has 0 radical (unpaired) electrons. The molecule has 2 rings (SSSR count). The van der Waals surface area contributed by atoms with Crippen molar-refractivity contribution in [1.82, 2.24) is 9.55 Å². The third-order valence-electron chi connectivity index (χ3n) is 2.65. The number of halogens is 2. The molecule has 0 aliphatic rings. The van der Waals surface area contributed by atoms with Crippen molar-refractivity contribution in [2.75, 3.05) is 19.6 Å². The molecule has 0 saturated heterocycles. The van der Waals surface area contributed by atoms with Crippen LogP contribution in [0.3, 0.4) is 0 Å². The van der Waals surface area contributed by atoms with Crippen LogP contribution >= 0.6 is 23.2 Å². The van der Waals surface area contributed by atoms with Crippen LogP contribution in [0.5, 0.6) is 0 Å². The van der Waals surface area contributed by atoms with Gasteiger partial charge >= 0.3 is 0 Å². The van der Waals surface area contributed by atoms with Crippen LogP contribution in [-0.2, 0) is 17.7 Å². The van der Waals surface area contributed by atoms with E-state index in [1.807, 2.05) is 18.2 Å². The Morgan fingerprint density at radius 1 is 1.41 bits per heavy atom. The van der Waals surface area contributed by atoms with Crippen molar-refractivity contribution in [1.29, 1.82) is 0 Å². The van der Waals surface area contributed by atoms with Gasteiger partial charge in [-0.15, -0.1) is 11.6 Å². The summed E-state index contributed by atoms with van der Waals surface area (Å²) in [5, 5.41) is 0.675. The molecule has 0 atom stereocenters. The highest BCUT2D eigenvalue weighted by Crippen LogP contribution is 2.24. The van der Waals surface area contributed by atoms with E-state index < -0.39 is 0 Å². The monoisotopic (exact) mass is 272 g/mol. The summed E-state index contributed by atoms with van der Waals surface area (Å²) in [5.41, 5.74) is 1.88. The van der Waals surface area contributed by atoms with E-state index in [1.165, 1.54) is 0 Å². The van der Waals surface area contributed by atoms with Crippen molar-refractivity contribution < 1.29 is 4.74 Å². The van der Waals surface area contributed by atoms with Crippen molar-refractivity contribution in [2.24, 2.45) is 0 Å². The molecule has 5 heteroatoms. The summed E-state index contributed by atoms with van der Waals surface area (Å²) in [6.45, 7) is 1.41. The van der Waals surface area contributed by atoms with Gasteiger partial charge in [-0.25, -0.2) is 4.98 Å². The van der Waals surface area contributed by atoms with Gasteiger partial charge in [-0.3, -0.25) is 0 Å². The van der Waals surface area contributed by atoms with Gasteiger partial charge < -0.3 is 9.30 Å². The van der Waals surface area contributed by atoms with Gasteiger partial charge in [-0.05, 0) is 12.1 Å². The second-order valence-corrected chi connectivity index (χ2v) is 4.50. The first-order valence-electron chi connectivity index (χ1n) is 5.46. The van der Waals surface area contributed by atoms with Crippen LogP contribution in [-0.4, -0.2) is 29.1 Å². The maximum absolute atomic E-state index is 6.14. The Hall–Kier alpha value is -0.770. The summed E-state index contributed by atoms with van der Waals surface area (Å²) in [7, 11) is 1.69. The van der Waals surface area contributed by atoms with Crippen molar-refractivity contribution in [3.8, 4) is 0 Å². The lowest BCUT2D eigenvalue weighted by molar-refractivity contribution is 0.187. The number of rotatable bonds is 5. The van der Waals surface area contributed by atoms with Gasteiger partial charge in [0, 0.05) is 26.0 Å². The standard InChI is InChI=1S/C12H14Cl2N2O/c1-17-8-7-16-10-4-2-3-9(14)12(10)15-11(16)5-6-13/h2-4H,5-8H2,1H3. The predicted octanol–water partition coefficient (Wildman–Crippen LogP) is 3.12. The third-order valence-corrected chi connectivity index (χ3v) is 3.14. The van der Waals surface area contributed by atoms with Gasteiger partial charge in [-0.1, -0.05) is 17.7 Å². The lowest BCUT2D eigenvalue weighted by Gasteiger charge is -2.07. The number of ether oxygens (including phenoxy) is 1. The average Bonchev–Trinajstić information content (AvgIpc) is 2.67. The Labute approximate surface area is 110 Å². The van der Waals surface area contributed by atoms with Gasteiger partial charge in [0.1, 0.15) is 11.3 Å². The summed E-state index contributed by atoms with van der Waals surface area (Å²) in [5.74, 6) is 1.51. The van der Waals surface area contributed by atoms with E-state index in [4.69, 9.17) is 27.9 Å². The number of imidazole rings is 1. The Bertz CT molecular complexity index is 510. The lowest BCUT2D eigenvalue weighted by atomic mass is 10.3. The number of fused-ring (bicyclic) bond motifs is 1. The van der Waals surface area contributed by atoms with Crippen LogP contribution in [0.1, 0.15) is 5.82 Å². The largest absolute Gasteiger partial charge is 0.383 e. The van der Waals surface area contributed by atoms with E-state index in [0.29, 0.717) is 17.5 Å². The highest BCUT2D eigenvalue weighted by Gasteiger charge is 2.11. The SMILES string of the molecule is COCCn1c(CCCl)nc2c(Cl)cccc21. The van der Waals surface area contributed by atoms with Crippen molar-refractivity contribution in [3.05, 3.63) is 29.0 Å². The van der Waals surface area contributed by atoms with E-state index in [9.17, 15) is 0 Å². The number of hydrogen-bond donors (Lipinski definition) is 0. The van der Waals surface area contributed by atoms with E-state index in [-0.39, 0.29) is 0 Å². The van der Waals surface area contributed by atoms with E-state index >= 15 is 0 Å². The summed E-state index contributed by atoms with van der Waals surface area (Å²) >= 11 is 11.9. The second-order valence-electron chi connectivity index (χ2n) is 3.72. The molecule has 3 nitrogen and oxygen atoms in total. The minimum Gasteiger partial charge on any atom is -0.383 e. The predicted molar refractivity (Wildman–Crippen MR) is 71.0 cm³/mol. The van der Waals surface area contributed by atoms with E-state index in [0.717, 1.165) is 29.8 Å². The molecule has 1 heterocycles. The summed E-state index contributed by atoms with van der Waals surface area (Å²) in [4.78, 5) is 4.55. The van der Waals surface area contributed by atoms with Crippen molar-refractivity contribution in [3.63, 3.8) is 0 Å². The van der Waals surface area contributed by atoms with Crippen LogP contribution in [0.2, 0.25) is 5.02 Å². The topological polar surface area (TPSA) is 27.1 Å². The van der Waals surface area contributed by atoms with Crippen molar-refractivity contribution in [2.45, 2.75) is 13.0 Å². The molecule has 92 valence electrons. The summed E-state index contributed by atoms with van der Waals surface area (Å²) in [6.07, 6.45) is 0.732. The molecule has 0 unspecified atom stereocenters. The molecule has 0 amide bonds. The molecule has 0 bridgehead atoms. The lowest BCUT2D eigenvalue weighted by Crippen LogP contribution is -2.08. The summed E-state index contributed by atoms with van der Waals surface area (Å²) in [6, 6.07) is 5.80. The number of aromatic nitrogens is 2. The van der Waals surface area contributed by atoms with Gasteiger partial charge in [0.2, 0.25) is 0 Å². The quantitative estimate of drug-likeness (QED) is 0.783. The van der Waals surface area contributed by atoms with E-state index in [2.05, 4.69) is 9.55 Å². The van der Waals surface area contributed by atoms with Gasteiger partial charge in [0.25, 0.3) is 0 Å². The highest BCUT2D eigenvalue weighted by molar-refractivity contribution is 6.34. The normalized spacial score (nSPS) is 11.2. The Morgan fingerprint density at radius 3 is 2.94 bits per heavy atom. The molecule has 1 aromatic carbocycles. The Balaban J connectivity index is 2.50. The maximum atomic E-state index is 6.14. The number of hydrogen-bond acceptors (Lipinski definition) is 2. The van der Waals surface area contributed by atoms with Gasteiger partial charge in [0.15, 0.2) is 0 Å². The second kappa shape index (κ2) is 5.71. The maximum Gasteiger partial charge on any atom is 0.111 e. The number of aryl methyl sites for hydroxylation is 1. The number of para-hydroxylation sites is 1. The number of benzene rings is 1. The first kappa shape index (κ1) is 12.7. The minimum atomic E-state index is 0.550. The zero-order valence-electron chi connectivity index (χ0n) is 9.62. The summed E-state index contributed by atoms with van der Waals surface area (Å²) < 4.78 is 7.23. The van der Waals surface area contributed by atoms with Crippen molar-refractivity contribution >= 4 is 34.2 Å². The fourth-order valence-electron chi connectivity index (χ4n) is 1.87. The van der Waals surface area contributed by atoms with Crippen LogP contribution < -0.4 is 0 Å². The minimum absolute atomic E-state index is 0.550. The fourth-order valence-corrected chi connectivity index (χ4v) is 2.25. The molecule has 0 aliphatic heterocycles. The van der Waals surface area contributed by atoms with Crippen LogP contribution in [0.25, 0.3) is 11.0 Å². The van der Waals surface area contributed by atoms with E-state index in [1.54, 1.807) is 7.11 Å². The number of methoxy groups -OCH3 is 1. The molecule has 17 heavy (non-hydrogen) atoms. The molecular weight excluding hydrogens is 259 g/mol. The molecule has 0 spiro atoms. The Kier molecular flexibility index (Phi) is 4.26. The van der Waals surface area contributed by atoms with Crippen LogP contribution in [0, 0.1) is 0 Å². The molecular formula is C12H14Cl2N2O. The zero-order chi connectivity index (χ0) is 12.3. The fraction of sp³-hybridized carbons (Fsp3) is 0.417. The Morgan fingerprint density at radius 2 is 2.24 bits per heavy atom. The number of alkyl halides is 1. The van der Waals surface area contributed by atoms with Crippen LogP contribution in [0.15, 0.2) is 18.2 Å². The molecule has 0 fully saturated rings. The van der Waals surface area contributed by atoms with Crippen LogP contribution in [0.4, 0.5) is 0 Å². The first-order valence-corrected chi connectivity index (χ1v) is 6.37. The molecule has 1 aromatic heterocycles. The molecule has 0 aliphatic carbocycles. The molecule has 0 saturated carbocycles. The molecule has 0 N–H and O–H groups in total. The number of nitrogens with zero attached hydrogens (tertiary/aromatic N) is 2. The molecule has 2 aromatic rings. The first-order chi connectivity index (χ1) is 8.27.